The normalized spacial score (nSPS) is 17.0. The molecular weight excluding hydrogens is 520 g/mol. The molecule has 0 unspecified atom stereocenters. The van der Waals surface area contributed by atoms with E-state index < -0.39 is 48.6 Å². The van der Waals surface area contributed by atoms with Gasteiger partial charge in [0.15, 0.2) is 0 Å². The lowest BCUT2D eigenvalue weighted by molar-refractivity contribution is -0.137. The van der Waals surface area contributed by atoms with Gasteiger partial charge in [-0.05, 0) is 37.7 Å². The van der Waals surface area contributed by atoms with E-state index >= 15 is 0 Å². The molecule has 40 heavy (non-hydrogen) atoms. The molecule has 0 bridgehead atoms. The van der Waals surface area contributed by atoms with Crippen LogP contribution in [-0.2, 0) is 35.3 Å². The SMILES string of the molecule is CCOC(=O)/C=C/[C@H](C[C@@H]1CCNC1=O)NC(=O)[C@H](CC(C)C)NC(=O)[C@H](CO)NC(=O)OCc1ccccc1. The lowest BCUT2D eigenvalue weighted by Gasteiger charge is -2.25. The average molecular weight is 561 g/mol. The minimum absolute atomic E-state index is 0.00144. The Balaban J connectivity index is 2.05. The van der Waals surface area contributed by atoms with Crippen molar-refractivity contribution in [1.82, 2.24) is 21.3 Å². The van der Waals surface area contributed by atoms with Crippen LogP contribution in [0.1, 0.15) is 45.6 Å². The number of hydrogen-bond donors (Lipinski definition) is 5. The number of carbonyl (C=O) groups excluding carboxylic acids is 5. The van der Waals surface area contributed by atoms with Crippen LogP contribution in [0.4, 0.5) is 4.79 Å². The third-order valence-corrected chi connectivity index (χ3v) is 6.12. The molecule has 12 heteroatoms. The Bertz CT molecular complexity index is 1030. The van der Waals surface area contributed by atoms with Gasteiger partial charge in [0.2, 0.25) is 17.7 Å². The summed E-state index contributed by atoms with van der Waals surface area (Å²) in [5.41, 5.74) is 0.748. The highest BCUT2D eigenvalue weighted by Crippen LogP contribution is 2.17. The number of ether oxygens (including phenoxy) is 2. The quantitative estimate of drug-likeness (QED) is 0.156. The first-order valence-electron chi connectivity index (χ1n) is 13.4. The van der Waals surface area contributed by atoms with E-state index in [1.165, 1.54) is 12.2 Å². The first kappa shape index (κ1) is 32.3. The second-order valence-corrected chi connectivity index (χ2v) is 9.87. The molecule has 12 nitrogen and oxygen atoms in total. The van der Waals surface area contributed by atoms with Crippen molar-refractivity contribution < 1.29 is 38.6 Å². The number of hydrogen-bond acceptors (Lipinski definition) is 8. The summed E-state index contributed by atoms with van der Waals surface area (Å²) in [5, 5.41) is 20.2. The zero-order chi connectivity index (χ0) is 29.5. The van der Waals surface area contributed by atoms with Crippen molar-refractivity contribution in [2.45, 2.75) is 64.8 Å². The maximum atomic E-state index is 13.3. The van der Waals surface area contributed by atoms with Crippen molar-refractivity contribution in [3.05, 3.63) is 48.0 Å². The van der Waals surface area contributed by atoms with E-state index in [1.807, 2.05) is 19.9 Å². The number of carbonyl (C=O) groups is 5. The molecule has 1 saturated heterocycles. The molecule has 0 radical (unpaired) electrons. The first-order valence-corrected chi connectivity index (χ1v) is 13.4. The Morgan fingerprint density at radius 3 is 2.35 bits per heavy atom. The van der Waals surface area contributed by atoms with Gasteiger partial charge in [0, 0.05) is 24.6 Å². The van der Waals surface area contributed by atoms with E-state index in [4.69, 9.17) is 9.47 Å². The minimum Gasteiger partial charge on any atom is -0.463 e. The van der Waals surface area contributed by atoms with E-state index in [2.05, 4.69) is 21.3 Å². The third kappa shape index (κ3) is 11.4. The van der Waals surface area contributed by atoms with Crippen molar-refractivity contribution in [2.75, 3.05) is 19.8 Å². The summed E-state index contributed by atoms with van der Waals surface area (Å²) >= 11 is 0. The number of aliphatic hydroxyl groups is 1. The van der Waals surface area contributed by atoms with Crippen LogP contribution in [-0.4, -0.2) is 72.8 Å². The number of nitrogens with one attached hydrogen (secondary N) is 4. The van der Waals surface area contributed by atoms with Gasteiger partial charge >= 0.3 is 12.1 Å². The van der Waals surface area contributed by atoms with Crippen LogP contribution in [0.15, 0.2) is 42.5 Å². The molecule has 1 aliphatic rings. The molecule has 0 saturated carbocycles. The van der Waals surface area contributed by atoms with Gasteiger partial charge in [0.1, 0.15) is 18.7 Å². The molecule has 1 aliphatic heterocycles. The second-order valence-electron chi connectivity index (χ2n) is 9.87. The molecule has 1 aromatic rings. The number of alkyl carbamates (subject to hydrolysis) is 1. The first-order chi connectivity index (χ1) is 19.1. The van der Waals surface area contributed by atoms with Gasteiger partial charge in [-0.25, -0.2) is 9.59 Å². The van der Waals surface area contributed by atoms with Gasteiger partial charge in [-0.15, -0.1) is 0 Å². The van der Waals surface area contributed by atoms with E-state index in [-0.39, 0.29) is 43.8 Å². The molecular formula is C28H40N4O8. The van der Waals surface area contributed by atoms with Gasteiger partial charge in [-0.3, -0.25) is 14.4 Å². The highest BCUT2D eigenvalue weighted by Gasteiger charge is 2.31. The fourth-order valence-corrected chi connectivity index (χ4v) is 4.11. The van der Waals surface area contributed by atoms with Gasteiger partial charge in [-0.2, -0.15) is 0 Å². The average Bonchev–Trinajstić information content (AvgIpc) is 3.33. The molecule has 4 atom stereocenters. The van der Waals surface area contributed by atoms with E-state index in [0.717, 1.165) is 5.56 Å². The highest BCUT2D eigenvalue weighted by molar-refractivity contribution is 5.91. The molecule has 1 aromatic carbocycles. The summed E-state index contributed by atoms with van der Waals surface area (Å²) in [7, 11) is 0. The number of aliphatic hydroxyl groups excluding tert-OH is 1. The molecule has 1 fully saturated rings. The standard InChI is InChI=1S/C28H40N4O8/c1-4-39-24(34)11-10-21(15-20-12-13-29-25(20)35)30-26(36)22(14-18(2)3)31-27(37)23(16-33)32-28(38)40-17-19-8-6-5-7-9-19/h5-11,18,20-23,33H,4,12-17H2,1-3H3,(H,29,35)(H,30,36)(H,31,37)(H,32,38)/b11-10+/t20-,21+,22-,23-/m0/s1. The highest BCUT2D eigenvalue weighted by atomic mass is 16.5. The number of rotatable bonds is 15. The van der Waals surface area contributed by atoms with Gasteiger partial charge in [0.25, 0.3) is 0 Å². The summed E-state index contributed by atoms with van der Waals surface area (Å²) in [5.74, 6) is -2.37. The minimum atomic E-state index is -1.35. The summed E-state index contributed by atoms with van der Waals surface area (Å²) in [4.78, 5) is 62.4. The second kappa shape index (κ2) is 16.9. The van der Waals surface area contributed by atoms with Crippen molar-refractivity contribution in [2.24, 2.45) is 11.8 Å². The molecule has 0 spiro atoms. The predicted molar refractivity (Wildman–Crippen MR) is 145 cm³/mol. The van der Waals surface area contributed by atoms with Gasteiger partial charge < -0.3 is 35.8 Å². The van der Waals surface area contributed by atoms with Crippen LogP contribution in [0.5, 0.6) is 0 Å². The monoisotopic (exact) mass is 560 g/mol. The number of amides is 4. The Hall–Kier alpha value is -3.93. The number of esters is 1. The van der Waals surface area contributed by atoms with Crippen molar-refractivity contribution in [3.63, 3.8) is 0 Å². The predicted octanol–water partition coefficient (Wildman–Crippen LogP) is 0.935. The van der Waals surface area contributed by atoms with Gasteiger partial charge in [-0.1, -0.05) is 50.3 Å². The molecule has 5 N–H and O–H groups in total. The maximum Gasteiger partial charge on any atom is 0.408 e. The van der Waals surface area contributed by atoms with E-state index in [9.17, 15) is 29.1 Å². The van der Waals surface area contributed by atoms with Crippen LogP contribution < -0.4 is 21.3 Å². The van der Waals surface area contributed by atoms with Crippen LogP contribution in [0.3, 0.4) is 0 Å². The molecule has 2 rings (SSSR count). The van der Waals surface area contributed by atoms with Crippen LogP contribution in [0.2, 0.25) is 0 Å². The Labute approximate surface area is 234 Å². The molecule has 4 amide bonds. The lowest BCUT2D eigenvalue weighted by atomic mass is 9.97. The van der Waals surface area contributed by atoms with Crippen LogP contribution >= 0.6 is 0 Å². The fourth-order valence-electron chi connectivity index (χ4n) is 4.11. The van der Waals surface area contributed by atoms with Crippen LogP contribution in [0.25, 0.3) is 0 Å². The summed E-state index contributed by atoms with van der Waals surface area (Å²) in [6, 6.07) is 5.90. The molecule has 0 aliphatic carbocycles. The van der Waals surface area contributed by atoms with E-state index in [0.29, 0.717) is 13.0 Å². The summed E-state index contributed by atoms with van der Waals surface area (Å²) < 4.78 is 10.0. The van der Waals surface area contributed by atoms with Crippen LogP contribution in [0, 0.1) is 11.8 Å². The van der Waals surface area contributed by atoms with Crippen molar-refractivity contribution in [1.29, 1.82) is 0 Å². The Morgan fingerprint density at radius 2 is 1.75 bits per heavy atom. The van der Waals surface area contributed by atoms with Gasteiger partial charge in [0.05, 0.1) is 13.2 Å². The van der Waals surface area contributed by atoms with Crippen molar-refractivity contribution in [3.8, 4) is 0 Å². The molecule has 1 heterocycles. The number of benzene rings is 1. The zero-order valence-electron chi connectivity index (χ0n) is 23.2. The maximum absolute atomic E-state index is 13.3. The summed E-state index contributed by atoms with van der Waals surface area (Å²) in [6.45, 7) is 5.39. The largest absolute Gasteiger partial charge is 0.463 e. The molecule has 220 valence electrons. The fraction of sp³-hybridized carbons (Fsp3) is 0.536. The molecule has 0 aromatic heterocycles. The zero-order valence-corrected chi connectivity index (χ0v) is 23.2. The lowest BCUT2D eigenvalue weighted by Crippen LogP contribution is -2.56. The summed E-state index contributed by atoms with van der Waals surface area (Å²) in [6.07, 6.45) is 2.87. The smallest absolute Gasteiger partial charge is 0.408 e. The van der Waals surface area contributed by atoms with Crippen molar-refractivity contribution >= 4 is 29.8 Å². The third-order valence-electron chi connectivity index (χ3n) is 6.12. The Kier molecular flexibility index (Phi) is 13.6. The Morgan fingerprint density at radius 1 is 1.05 bits per heavy atom. The van der Waals surface area contributed by atoms with E-state index in [1.54, 1.807) is 31.2 Å². The topological polar surface area (TPSA) is 172 Å².